The van der Waals surface area contributed by atoms with Gasteiger partial charge in [0.2, 0.25) is 0 Å². The maximum atomic E-state index is 11.1. The summed E-state index contributed by atoms with van der Waals surface area (Å²) in [6, 6.07) is 0. The lowest BCUT2D eigenvalue weighted by Gasteiger charge is -2.12. The van der Waals surface area contributed by atoms with Gasteiger partial charge in [0.15, 0.2) is 5.75 Å². The van der Waals surface area contributed by atoms with Crippen LogP contribution in [-0.2, 0) is 4.57 Å². The number of nitrogens with one attached hydrogen (secondary N) is 1. The Morgan fingerprint density at radius 1 is 1.29 bits per heavy atom. The highest BCUT2D eigenvalue weighted by Crippen LogP contribution is 2.34. The normalized spacial score (nSPS) is 11.7. The minimum atomic E-state index is -4.01. The van der Waals surface area contributed by atoms with Crippen molar-refractivity contribution in [3.05, 3.63) is 20.4 Å². The van der Waals surface area contributed by atoms with Crippen molar-refractivity contribution < 1.29 is 19.1 Å². The summed E-state index contributed by atoms with van der Waals surface area (Å²) in [5.41, 5.74) is -1.21. The average molecular weight is 263 g/mol. The molecule has 0 fully saturated rings. The van der Waals surface area contributed by atoms with Gasteiger partial charge in [0.1, 0.15) is 5.69 Å². The number of hydrogen-bond donors (Lipinski definition) is 3. The Kier molecular flexibility index (Phi) is 4.45. The van der Waals surface area contributed by atoms with Gasteiger partial charge in [-0.1, -0.05) is 0 Å². The summed E-state index contributed by atoms with van der Waals surface area (Å²) in [5, 5.41) is 2.65. The molecule has 7 nitrogen and oxygen atoms in total. The van der Waals surface area contributed by atoms with Crippen molar-refractivity contribution in [2.75, 3.05) is 24.6 Å². The second kappa shape index (κ2) is 5.44. The van der Waals surface area contributed by atoms with Gasteiger partial charge in [0.05, 0.1) is 12.8 Å². The van der Waals surface area contributed by atoms with Crippen molar-refractivity contribution in [3.8, 4) is 5.75 Å². The first-order chi connectivity index (χ1) is 7.87. The third-order valence-corrected chi connectivity index (χ3v) is 2.98. The van der Waals surface area contributed by atoms with Gasteiger partial charge in [-0.05, 0) is 13.3 Å². The van der Waals surface area contributed by atoms with Crippen LogP contribution in [0.4, 0.5) is 5.69 Å². The van der Waals surface area contributed by atoms with Crippen LogP contribution in [0.25, 0.3) is 0 Å². The molecule has 0 unspecified atom stereocenters. The molecule has 17 heavy (non-hydrogen) atoms. The fourth-order valence-electron chi connectivity index (χ4n) is 1.31. The maximum Gasteiger partial charge on any atom is 0.325 e. The summed E-state index contributed by atoms with van der Waals surface area (Å²) in [6.45, 7) is 2.17. The lowest BCUT2D eigenvalue weighted by Crippen LogP contribution is -2.36. The molecular weight excluding hydrogens is 249 g/mol. The Balaban J connectivity index is 2.48. The van der Waals surface area contributed by atoms with Crippen LogP contribution in [0.3, 0.4) is 0 Å². The summed E-state index contributed by atoms with van der Waals surface area (Å²) in [7, 11) is -4.01. The van der Waals surface area contributed by atoms with Crippen molar-refractivity contribution in [2.24, 2.45) is 0 Å². The van der Waals surface area contributed by atoms with Crippen LogP contribution in [0.1, 0.15) is 13.3 Å². The molecule has 8 heteroatoms. The summed E-state index contributed by atoms with van der Waals surface area (Å²) >= 11 is 0. The predicted octanol–water partition coefficient (Wildman–Crippen LogP) is -0.339. The van der Waals surface area contributed by atoms with Crippen molar-refractivity contribution in [1.82, 2.24) is 0 Å². The molecule has 1 aromatic rings. The van der Waals surface area contributed by atoms with Crippen LogP contribution >= 0.6 is 7.60 Å². The lowest BCUT2D eigenvalue weighted by molar-refractivity contribution is 0.334. The van der Waals surface area contributed by atoms with Crippen molar-refractivity contribution in [3.63, 3.8) is 0 Å². The largest absolute Gasteiger partial charge is 0.488 e. The molecule has 0 aromatic heterocycles. The summed E-state index contributed by atoms with van der Waals surface area (Å²) in [6.07, 6.45) is -0.0615. The van der Waals surface area contributed by atoms with Crippen LogP contribution in [0.2, 0.25) is 0 Å². The van der Waals surface area contributed by atoms with Crippen molar-refractivity contribution in [2.45, 2.75) is 13.3 Å². The van der Waals surface area contributed by atoms with Crippen LogP contribution < -0.4 is 20.9 Å². The zero-order chi connectivity index (χ0) is 13.1. The molecule has 0 atom stereocenters. The SMILES string of the molecule is CCOc1c(NCCCP(=O)(O)O)c(=O)c1=O. The molecule has 0 heterocycles. The third kappa shape index (κ3) is 3.66. The third-order valence-electron chi connectivity index (χ3n) is 2.08. The predicted molar refractivity (Wildman–Crippen MR) is 62.5 cm³/mol. The molecule has 0 aliphatic heterocycles. The van der Waals surface area contributed by atoms with Crippen LogP contribution in [-0.4, -0.2) is 29.1 Å². The van der Waals surface area contributed by atoms with Gasteiger partial charge in [-0.15, -0.1) is 0 Å². The van der Waals surface area contributed by atoms with E-state index in [2.05, 4.69) is 5.32 Å². The van der Waals surface area contributed by atoms with E-state index in [1.165, 1.54) is 0 Å². The number of ether oxygens (including phenoxy) is 1. The van der Waals surface area contributed by atoms with Gasteiger partial charge >= 0.3 is 7.60 Å². The highest BCUT2D eigenvalue weighted by molar-refractivity contribution is 7.51. The van der Waals surface area contributed by atoms with Crippen LogP contribution in [0.15, 0.2) is 9.59 Å². The summed E-state index contributed by atoms with van der Waals surface area (Å²) in [5.74, 6) is 0.00804. The topological polar surface area (TPSA) is 113 Å². The maximum absolute atomic E-state index is 11.1. The van der Waals surface area contributed by atoms with E-state index >= 15 is 0 Å². The molecular formula is C9H14NO6P. The molecule has 1 aromatic carbocycles. The van der Waals surface area contributed by atoms with Crippen molar-refractivity contribution >= 4 is 13.3 Å². The summed E-state index contributed by atoms with van der Waals surface area (Å²) in [4.78, 5) is 39.4. The molecule has 0 spiro atoms. The lowest BCUT2D eigenvalue weighted by atomic mass is 10.2. The zero-order valence-electron chi connectivity index (χ0n) is 9.30. The van der Waals surface area contributed by atoms with Gasteiger partial charge < -0.3 is 19.8 Å². The molecule has 0 aliphatic carbocycles. The second-order valence-corrected chi connectivity index (χ2v) is 5.24. The van der Waals surface area contributed by atoms with E-state index < -0.39 is 18.5 Å². The first kappa shape index (κ1) is 13.9. The highest BCUT2D eigenvalue weighted by Gasteiger charge is 2.22. The van der Waals surface area contributed by atoms with E-state index in [9.17, 15) is 14.2 Å². The highest BCUT2D eigenvalue weighted by atomic mass is 31.2. The Hall–Kier alpha value is -1.17. The van der Waals surface area contributed by atoms with Gasteiger partial charge in [-0.3, -0.25) is 14.2 Å². The monoisotopic (exact) mass is 263 g/mol. The van der Waals surface area contributed by atoms with Crippen molar-refractivity contribution in [1.29, 1.82) is 0 Å². The van der Waals surface area contributed by atoms with E-state index in [4.69, 9.17) is 14.5 Å². The van der Waals surface area contributed by atoms with E-state index in [-0.39, 0.29) is 37.2 Å². The molecule has 0 saturated heterocycles. The van der Waals surface area contributed by atoms with Crippen LogP contribution in [0.5, 0.6) is 5.75 Å². The van der Waals surface area contributed by atoms with E-state index in [0.29, 0.717) is 0 Å². The van der Waals surface area contributed by atoms with E-state index in [1.807, 2.05) is 0 Å². The quantitative estimate of drug-likeness (QED) is 0.350. The van der Waals surface area contributed by atoms with Gasteiger partial charge in [0.25, 0.3) is 10.9 Å². The molecule has 0 aliphatic rings. The van der Waals surface area contributed by atoms with E-state index in [1.54, 1.807) is 6.92 Å². The first-order valence-corrected chi connectivity index (χ1v) is 6.91. The summed E-state index contributed by atoms with van der Waals surface area (Å²) < 4.78 is 15.5. The minimum absolute atomic E-state index is 0.00804. The number of hydrogen-bond acceptors (Lipinski definition) is 5. The Labute approximate surface area is 97.3 Å². The minimum Gasteiger partial charge on any atom is -0.488 e. The van der Waals surface area contributed by atoms with Gasteiger partial charge in [-0.2, -0.15) is 0 Å². The fourth-order valence-corrected chi connectivity index (χ4v) is 1.88. The molecule has 0 radical (unpaired) electrons. The first-order valence-electron chi connectivity index (χ1n) is 5.11. The Morgan fingerprint density at radius 3 is 2.47 bits per heavy atom. The number of anilines is 1. The standard InChI is InChI=1S/C9H14NO6P/c1-2-16-9-6(7(11)8(9)12)10-4-3-5-17(13,14)15/h10H,2-5H2,1H3,(H2,13,14,15). The molecule has 1 rings (SSSR count). The van der Waals surface area contributed by atoms with E-state index in [0.717, 1.165) is 0 Å². The average Bonchev–Trinajstić information content (AvgIpc) is 2.25. The van der Waals surface area contributed by atoms with Gasteiger partial charge in [0, 0.05) is 6.54 Å². The number of rotatable bonds is 7. The fraction of sp³-hybridized carbons (Fsp3) is 0.556. The smallest absolute Gasteiger partial charge is 0.325 e. The molecule has 0 saturated carbocycles. The molecule has 0 amide bonds. The molecule has 0 bridgehead atoms. The molecule has 3 N–H and O–H groups in total. The van der Waals surface area contributed by atoms with Gasteiger partial charge in [-0.25, -0.2) is 0 Å². The van der Waals surface area contributed by atoms with Crippen LogP contribution in [0, 0.1) is 0 Å². The Morgan fingerprint density at radius 2 is 1.94 bits per heavy atom. The zero-order valence-corrected chi connectivity index (χ0v) is 10.2. The second-order valence-electron chi connectivity index (χ2n) is 3.46. The Bertz CT molecular complexity index is 498. The molecule has 96 valence electrons.